The Balaban J connectivity index is 1.84. The number of hydrogen-bond acceptors (Lipinski definition) is 2. The lowest BCUT2D eigenvalue weighted by atomic mass is 9.85. The number of fused-ring (bicyclic) bond motifs is 1. The lowest BCUT2D eigenvalue weighted by Crippen LogP contribution is -2.30. The molecule has 0 radical (unpaired) electrons. The first-order valence-corrected chi connectivity index (χ1v) is 8.28. The molecule has 3 rings (SSSR count). The highest BCUT2D eigenvalue weighted by Crippen LogP contribution is 2.41. The molecular formula is C18H27NO. The minimum absolute atomic E-state index is 0.526. The summed E-state index contributed by atoms with van der Waals surface area (Å²) in [7, 11) is 0. The van der Waals surface area contributed by atoms with Crippen LogP contribution in [0, 0.1) is 11.8 Å². The Labute approximate surface area is 122 Å². The highest BCUT2D eigenvalue weighted by Gasteiger charge is 2.32. The fraction of sp³-hybridized carbons (Fsp3) is 0.667. The van der Waals surface area contributed by atoms with Crippen LogP contribution in [-0.4, -0.2) is 13.2 Å². The second kappa shape index (κ2) is 6.17. The zero-order valence-corrected chi connectivity index (χ0v) is 12.8. The summed E-state index contributed by atoms with van der Waals surface area (Å²) >= 11 is 0. The fourth-order valence-electron chi connectivity index (χ4n) is 3.89. The zero-order valence-electron chi connectivity index (χ0n) is 12.8. The molecular weight excluding hydrogens is 246 g/mol. The minimum atomic E-state index is 0.526. The SMILES string of the molecule is CCCNC(c1ccc2c(c1)CCO2)C1CCCC1C. The van der Waals surface area contributed by atoms with Crippen LogP contribution in [0.25, 0.3) is 0 Å². The van der Waals surface area contributed by atoms with E-state index >= 15 is 0 Å². The molecule has 2 heteroatoms. The van der Waals surface area contributed by atoms with Crippen molar-refractivity contribution in [1.82, 2.24) is 5.32 Å². The van der Waals surface area contributed by atoms with Gasteiger partial charge in [0.2, 0.25) is 0 Å². The molecule has 0 spiro atoms. The first-order chi connectivity index (χ1) is 9.79. The fourth-order valence-corrected chi connectivity index (χ4v) is 3.89. The molecule has 20 heavy (non-hydrogen) atoms. The van der Waals surface area contributed by atoms with Crippen LogP contribution in [0.2, 0.25) is 0 Å². The van der Waals surface area contributed by atoms with Gasteiger partial charge in [-0.1, -0.05) is 38.8 Å². The van der Waals surface area contributed by atoms with Crippen molar-refractivity contribution < 1.29 is 4.74 Å². The van der Waals surface area contributed by atoms with Gasteiger partial charge in [-0.05, 0) is 48.4 Å². The summed E-state index contributed by atoms with van der Waals surface area (Å²) in [5, 5.41) is 3.81. The third kappa shape index (κ3) is 2.71. The van der Waals surface area contributed by atoms with E-state index in [-0.39, 0.29) is 0 Å². The average molecular weight is 273 g/mol. The summed E-state index contributed by atoms with van der Waals surface area (Å²) in [5.41, 5.74) is 2.87. The molecule has 0 saturated heterocycles. The van der Waals surface area contributed by atoms with Gasteiger partial charge in [0.05, 0.1) is 6.61 Å². The van der Waals surface area contributed by atoms with Gasteiger partial charge in [0.15, 0.2) is 0 Å². The van der Waals surface area contributed by atoms with E-state index in [9.17, 15) is 0 Å². The van der Waals surface area contributed by atoms with Gasteiger partial charge < -0.3 is 10.1 Å². The maximum atomic E-state index is 5.64. The normalized spacial score (nSPS) is 26.3. The van der Waals surface area contributed by atoms with Crippen LogP contribution in [0.5, 0.6) is 5.75 Å². The molecule has 3 atom stereocenters. The van der Waals surface area contributed by atoms with Crippen LogP contribution in [0.15, 0.2) is 18.2 Å². The van der Waals surface area contributed by atoms with Crippen molar-refractivity contribution >= 4 is 0 Å². The molecule has 1 aromatic carbocycles. The molecule has 1 heterocycles. The summed E-state index contributed by atoms with van der Waals surface area (Å²) in [4.78, 5) is 0. The zero-order chi connectivity index (χ0) is 13.9. The van der Waals surface area contributed by atoms with E-state index in [4.69, 9.17) is 4.74 Å². The van der Waals surface area contributed by atoms with Crippen LogP contribution >= 0.6 is 0 Å². The molecule has 0 aromatic heterocycles. The Hall–Kier alpha value is -1.02. The maximum absolute atomic E-state index is 5.64. The van der Waals surface area contributed by atoms with E-state index in [1.165, 1.54) is 36.8 Å². The molecule has 110 valence electrons. The largest absolute Gasteiger partial charge is 0.493 e. The molecule has 3 unspecified atom stereocenters. The maximum Gasteiger partial charge on any atom is 0.122 e. The van der Waals surface area contributed by atoms with Crippen LogP contribution < -0.4 is 10.1 Å². The van der Waals surface area contributed by atoms with Gasteiger partial charge in [0.1, 0.15) is 5.75 Å². The van der Waals surface area contributed by atoms with Gasteiger partial charge >= 0.3 is 0 Å². The molecule has 2 nitrogen and oxygen atoms in total. The Morgan fingerprint density at radius 1 is 1.35 bits per heavy atom. The van der Waals surface area contributed by atoms with E-state index < -0.39 is 0 Å². The van der Waals surface area contributed by atoms with Crippen molar-refractivity contribution in [3.8, 4) is 5.75 Å². The summed E-state index contributed by atoms with van der Waals surface area (Å²) in [6.07, 6.45) is 6.43. The van der Waals surface area contributed by atoms with Gasteiger partial charge in [-0.3, -0.25) is 0 Å². The van der Waals surface area contributed by atoms with Gasteiger partial charge in [-0.2, -0.15) is 0 Å². The van der Waals surface area contributed by atoms with Crippen molar-refractivity contribution in [1.29, 1.82) is 0 Å². The molecule has 1 fully saturated rings. The topological polar surface area (TPSA) is 21.3 Å². The molecule has 1 aliphatic carbocycles. The van der Waals surface area contributed by atoms with E-state index in [1.54, 1.807) is 0 Å². The molecule has 0 bridgehead atoms. The Bertz CT molecular complexity index is 457. The summed E-state index contributed by atoms with van der Waals surface area (Å²) in [6.45, 7) is 6.64. The lowest BCUT2D eigenvalue weighted by Gasteiger charge is -2.29. The number of nitrogens with one attached hydrogen (secondary N) is 1. The molecule has 1 N–H and O–H groups in total. The predicted molar refractivity (Wildman–Crippen MR) is 83.2 cm³/mol. The van der Waals surface area contributed by atoms with Crippen LogP contribution in [-0.2, 0) is 6.42 Å². The first-order valence-electron chi connectivity index (χ1n) is 8.28. The Kier molecular flexibility index (Phi) is 4.30. The van der Waals surface area contributed by atoms with Crippen LogP contribution in [0.3, 0.4) is 0 Å². The quantitative estimate of drug-likeness (QED) is 0.872. The lowest BCUT2D eigenvalue weighted by molar-refractivity contribution is 0.302. The average Bonchev–Trinajstić information content (AvgIpc) is 3.08. The number of ether oxygens (including phenoxy) is 1. The number of benzene rings is 1. The third-order valence-electron chi connectivity index (χ3n) is 5.04. The summed E-state index contributed by atoms with van der Waals surface area (Å²) < 4.78 is 5.64. The van der Waals surface area contributed by atoms with Crippen molar-refractivity contribution in [2.24, 2.45) is 11.8 Å². The van der Waals surface area contributed by atoms with E-state index in [0.717, 1.165) is 37.2 Å². The van der Waals surface area contributed by atoms with Crippen molar-refractivity contribution in [2.45, 2.75) is 52.0 Å². The second-order valence-electron chi connectivity index (χ2n) is 6.47. The number of hydrogen-bond donors (Lipinski definition) is 1. The van der Waals surface area contributed by atoms with Gasteiger partial charge in [0.25, 0.3) is 0 Å². The second-order valence-corrected chi connectivity index (χ2v) is 6.47. The molecule has 1 aliphatic heterocycles. The molecule has 1 aromatic rings. The predicted octanol–water partition coefficient (Wildman–Crippen LogP) is 4.10. The monoisotopic (exact) mass is 273 g/mol. The van der Waals surface area contributed by atoms with Crippen molar-refractivity contribution in [2.75, 3.05) is 13.2 Å². The van der Waals surface area contributed by atoms with Gasteiger partial charge in [0, 0.05) is 12.5 Å². The molecule has 2 aliphatic rings. The Morgan fingerprint density at radius 2 is 2.25 bits per heavy atom. The Morgan fingerprint density at radius 3 is 3.00 bits per heavy atom. The minimum Gasteiger partial charge on any atom is -0.493 e. The molecule has 0 amide bonds. The smallest absolute Gasteiger partial charge is 0.122 e. The highest BCUT2D eigenvalue weighted by atomic mass is 16.5. The molecule has 1 saturated carbocycles. The first kappa shape index (κ1) is 13.9. The van der Waals surface area contributed by atoms with Crippen molar-refractivity contribution in [3.63, 3.8) is 0 Å². The van der Waals surface area contributed by atoms with Gasteiger partial charge in [-0.15, -0.1) is 0 Å². The van der Waals surface area contributed by atoms with E-state index in [0.29, 0.717) is 6.04 Å². The van der Waals surface area contributed by atoms with Crippen LogP contribution in [0.1, 0.15) is 56.7 Å². The highest BCUT2D eigenvalue weighted by molar-refractivity contribution is 5.41. The summed E-state index contributed by atoms with van der Waals surface area (Å²) in [5.74, 6) is 2.73. The van der Waals surface area contributed by atoms with Gasteiger partial charge in [-0.25, -0.2) is 0 Å². The van der Waals surface area contributed by atoms with Crippen LogP contribution in [0.4, 0.5) is 0 Å². The standard InChI is InChI=1S/C18H27NO/c1-3-10-19-18(16-6-4-5-13(16)2)15-7-8-17-14(12-15)9-11-20-17/h7-8,12-13,16,18-19H,3-6,9-11H2,1-2H3. The van der Waals surface area contributed by atoms with E-state index in [1.807, 2.05) is 0 Å². The van der Waals surface area contributed by atoms with Crippen molar-refractivity contribution in [3.05, 3.63) is 29.3 Å². The summed E-state index contributed by atoms with van der Waals surface area (Å²) in [6, 6.07) is 7.37. The number of rotatable bonds is 5. The third-order valence-corrected chi connectivity index (χ3v) is 5.04. The van der Waals surface area contributed by atoms with E-state index in [2.05, 4.69) is 37.4 Å².